The molecule has 0 aliphatic carbocycles. The van der Waals surface area contributed by atoms with E-state index in [9.17, 15) is 0 Å². The van der Waals surface area contributed by atoms with E-state index in [4.69, 9.17) is 5.26 Å². The molecule has 0 heterocycles. The standard InChI is InChI=1S/C17H15BrN2/c1-20(2)14-9-7-13(8-10-14)15(11-12-19)16-5-3-4-6-17(16)18/h3-11H,1-2H3/b15-11-. The second-order valence-corrected chi connectivity index (χ2v) is 5.46. The van der Waals surface area contributed by atoms with Gasteiger partial charge in [-0.25, -0.2) is 0 Å². The Hall–Kier alpha value is -2.05. The average molecular weight is 327 g/mol. The second-order valence-electron chi connectivity index (χ2n) is 4.61. The summed E-state index contributed by atoms with van der Waals surface area (Å²) < 4.78 is 0.984. The van der Waals surface area contributed by atoms with Crippen LogP contribution in [0, 0.1) is 11.3 Å². The smallest absolute Gasteiger partial charge is 0.0918 e. The number of hydrogen-bond acceptors (Lipinski definition) is 2. The van der Waals surface area contributed by atoms with Gasteiger partial charge in [-0.3, -0.25) is 0 Å². The van der Waals surface area contributed by atoms with Crippen LogP contribution in [0.1, 0.15) is 11.1 Å². The number of hydrogen-bond donors (Lipinski definition) is 0. The Balaban J connectivity index is 2.48. The number of allylic oxidation sites excluding steroid dienone is 1. The summed E-state index contributed by atoms with van der Waals surface area (Å²) in [5, 5.41) is 9.04. The van der Waals surface area contributed by atoms with Crippen molar-refractivity contribution in [1.82, 2.24) is 0 Å². The van der Waals surface area contributed by atoms with Crippen LogP contribution in [0.15, 0.2) is 59.1 Å². The van der Waals surface area contributed by atoms with Crippen molar-refractivity contribution in [2.24, 2.45) is 0 Å². The topological polar surface area (TPSA) is 27.0 Å². The molecular formula is C17H15BrN2. The maximum absolute atomic E-state index is 9.04. The second kappa shape index (κ2) is 6.40. The predicted molar refractivity (Wildman–Crippen MR) is 87.6 cm³/mol. The normalized spacial score (nSPS) is 11.0. The van der Waals surface area contributed by atoms with Gasteiger partial charge in [-0.1, -0.05) is 46.3 Å². The van der Waals surface area contributed by atoms with Crippen molar-refractivity contribution < 1.29 is 0 Å². The van der Waals surface area contributed by atoms with Crippen molar-refractivity contribution in [2.75, 3.05) is 19.0 Å². The molecule has 0 N–H and O–H groups in total. The lowest BCUT2D eigenvalue weighted by molar-refractivity contribution is 1.13. The summed E-state index contributed by atoms with van der Waals surface area (Å²) in [5.41, 5.74) is 4.11. The van der Waals surface area contributed by atoms with E-state index < -0.39 is 0 Å². The molecule has 2 nitrogen and oxygen atoms in total. The zero-order valence-electron chi connectivity index (χ0n) is 11.5. The third-order valence-electron chi connectivity index (χ3n) is 3.07. The highest BCUT2D eigenvalue weighted by atomic mass is 79.9. The van der Waals surface area contributed by atoms with E-state index in [1.807, 2.05) is 50.5 Å². The van der Waals surface area contributed by atoms with Crippen LogP contribution < -0.4 is 4.90 Å². The van der Waals surface area contributed by atoms with E-state index in [2.05, 4.69) is 39.0 Å². The quantitative estimate of drug-likeness (QED) is 0.778. The van der Waals surface area contributed by atoms with Crippen LogP contribution in [0.3, 0.4) is 0 Å². The molecule has 2 aromatic carbocycles. The Morgan fingerprint density at radius 3 is 2.30 bits per heavy atom. The van der Waals surface area contributed by atoms with Gasteiger partial charge in [0, 0.05) is 35.9 Å². The van der Waals surface area contributed by atoms with Crippen LogP contribution in [0.2, 0.25) is 0 Å². The number of rotatable bonds is 3. The average Bonchev–Trinajstić information content (AvgIpc) is 2.46. The zero-order valence-corrected chi connectivity index (χ0v) is 13.1. The largest absolute Gasteiger partial charge is 0.378 e. The van der Waals surface area contributed by atoms with Gasteiger partial charge in [-0.05, 0) is 29.3 Å². The highest BCUT2D eigenvalue weighted by Crippen LogP contribution is 2.30. The van der Waals surface area contributed by atoms with Crippen LogP contribution in [-0.2, 0) is 0 Å². The Kier molecular flexibility index (Phi) is 4.60. The molecule has 0 saturated heterocycles. The van der Waals surface area contributed by atoms with Gasteiger partial charge in [0.1, 0.15) is 0 Å². The SMILES string of the molecule is CN(C)c1ccc(/C(=C/C#N)c2ccccc2Br)cc1. The van der Waals surface area contributed by atoms with E-state index in [1.165, 1.54) is 0 Å². The van der Waals surface area contributed by atoms with Crippen LogP contribution in [0.25, 0.3) is 5.57 Å². The first-order valence-corrected chi connectivity index (χ1v) is 7.05. The Labute approximate surface area is 128 Å². The van der Waals surface area contributed by atoms with Gasteiger partial charge in [0.05, 0.1) is 6.07 Å². The Morgan fingerprint density at radius 1 is 1.10 bits per heavy atom. The summed E-state index contributed by atoms with van der Waals surface area (Å²) >= 11 is 3.54. The lowest BCUT2D eigenvalue weighted by atomic mass is 9.97. The first-order chi connectivity index (χ1) is 9.63. The molecule has 100 valence electrons. The predicted octanol–water partition coefficient (Wildman–Crippen LogP) is 4.47. The lowest BCUT2D eigenvalue weighted by Crippen LogP contribution is -2.08. The number of nitrogens with zero attached hydrogens (tertiary/aromatic N) is 2. The number of benzene rings is 2. The molecule has 0 fully saturated rings. The third-order valence-corrected chi connectivity index (χ3v) is 3.76. The first-order valence-electron chi connectivity index (χ1n) is 6.26. The van der Waals surface area contributed by atoms with Crippen molar-refractivity contribution in [2.45, 2.75) is 0 Å². The minimum absolute atomic E-state index is 0.922. The van der Waals surface area contributed by atoms with Gasteiger partial charge < -0.3 is 4.90 Å². The monoisotopic (exact) mass is 326 g/mol. The lowest BCUT2D eigenvalue weighted by Gasteiger charge is -2.14. The summed E-state index contributed by atoms with van der Waals surface area (Å²) in [6.07, 6.45) is 1.59. The highest BCUT2D eigenvalue weighted by molar-refractivity contribution is 9.10. The van der Waals surface area contributed by atoms with Crippen molar-refractivity contribution in [3.63, 3.8) is 0 Å². The number of anilines is 1. The van der Waals surface area contributed by atoms with Crippen LogP contribution in [0.5, 0.6) is 0 Å². The fraction of sp³-hybridized carbons (Fsp3) is 0.118. The van der Waals surface area contributed by atoms with E-state index in [-0.39, 0.29) is 0 Å². The van der Waals surface area contributed by atoms with Crippen molar-refractivity contribution in [3.8, 4) is 6.07 Å². The van der Waals surface area contributed by atoms with Gasteiger partial charge in [0.25, 0.3) is 0 Å². The summed E-state index contributed by atoms with van der Waals surface area (Å²) in [7, 11) is 4.02. The molecule has 0 radical (unpaired) electrons. The Bertz CT molecular complexity index is 664. The van der Waals surface area contributed by atoms with Gasteiger partial charge in [0.15, 0.2) is 0 Å². The molecule has 2 aromatic rings. The number of nitriles is 1. The third kappa shape index (κ3) is 3.09. The van der Waals surface area contributed by atoms with Crippen LogP contribution in [0.4, 0.5) is 5.69 Å². The maximum atomic E-state index is 9.04. The fourth-order valence-electron chi connectivity index (χ4n) is 2.00. The van der Waals surface area contributed by atoms with Gasteiger partial charge in [-0.15, -0.1) is 0 Å². The molecule has 0 amide bonds. The van der Waals surface area contributed by atoms with E-state index >= 15 is 0 Å². The summed E-state index contributed by atoms with van der Waals surface area (Å²) in [6.45, 7) is 0. The molecule has 0 spiro atoms. The van der Waals surface area contributed by atoms with Crippen molar-refractivity contribution in [1.29, 1.82) is 5.26 Å². The van der Waals surface area contributed by atoms with Gasteiger partial charge in [-0.2, -0.15) is 5.26 Å². The Morgan fingerprint density at radius 2 is 1.75 bits per heavy atom. The molecule has 0 aromatic heterocycles. The molecule has 0 bridgehead atoms. The van der Waals surface area contributed by atoms with Gasteiger partial charge in [0.2, 0.25) is 0 Å². The van der Waals surface area contributed by atoms with E-state index in [0.29, 0.717) is 0 Å². The molecule has 2 rings (SSSR count). The molecule has 0 aliphatic rings. The minimum atomic E-state index is 0.922. The maximum Gasteiger partial charge on any atom is 0.0918 e. The first kappa shape index (κ1) is 14.4. The molecule has 20 heavy (non-hydrogen) atoms. The molecule has 0 unspecified atom stereocenters. The minimum Gasteiger partial charge on any atom is -0.378 e. The van der Waals surface area contributed by atoms with Crippen LogP contribution >= 0.6 is 15.9 Å². The zero-order chi connectivity index (χ0) is 14.5. The molecule has 0 saturated carbocycles. The van der Waals surface area contributed by atoms with Gasteiger partial charge >= 0.3 is 0 Å². The van der Waals surface area contributed by atoms with E-state index in [1.54, 1.807) is 6.08 Å². The fourth-order valence-corrected chi connectivity index (χ4v) is 2.50. The number of halogens is 1. The summed E-state index contributed by atoms with van der Waals surface area (Å²) in [5.74, 6) is 0. The summed E-state index contributed by atoms with van der Waals surface area (Å²) in [6, 6.07) is 18.2. The van der Waals surface area contributed by atoms with Crippen LogP contribution in [-0.4, -0.2) is 14.1 Å². The summed E-state index contributed by atoms with van der Waals surface area (Å²) in [4.78, 5) is 2.05. The molecule has 3 heteroatoms. The van der Waals surface area contributed by atoms with Crippen molar-refractivity contribution in [3.05, 3.63) is 70.2 Å². The molecule has 0 aliphatic heterocycles. The van der Waals surface area contributed by atoms with Crippen molar-refractivity contribution >= 4 is 27.2 Å². The highest BCUT2D eigenvalue weighted by Gasteiger charge is 2.08. The van der Waals surface area contributed by atoms with E-state index in [0.717, 1.165) is 26.9 Å². The molecular weight excluding hydrogens is 312 g/mol. The molecule has 0 atom stereocenters.